The van der Waals surface area contributed by atoms with Gasteiger partial charge in [0.15, 0.2) is 5.82 Å². The van der Waals surface area contributed by atoms with Gasteiger partial charge in [0.05, 0.1) is 0 Å². The summed E-state index contributed by atoms with van der Waals surface area (Å²) in [7, 11) is 0. The van der Waals surface area contributed by atoms with Crippen LogP contribution in [0.2, 0.25) is 0 Å². The van der Waals surface area contributed by atoms with E-state index in [9.17, 15) is 4.79 Å². The minimum absolute atomic E-state index is 0.0943. The molecule has 0 saturated heterocycles. The maximum Gasteiger partial charge on any atom is 0.325 e. The lowest BCUT2D eigenvalue weighted by Gasteiger charge is -2.17. The Morgan fingerprint density at radius 3 is 2.59 bits per heavy atom. The first-order valence-corrected chi connectivity index (χ1v) is 5.28. The average Bonchev–Trinajstić information content (AvgIpc) is 2.57. The van der Waals surface area contributed by atoms with Gasteiger partial charge < -0.3 is 15.7 Å². The zero-order chi connectivity index (χ0) is 13.0. The highest BCUT2D eigenvalue weighted by atomic mass is 16.4. The average molecular weight is 237 g/mol. The summed E-state index contributed by atoms with van der Waals surface area (Å²) in [5.41, 5.74) is 5.93. The van der Waals surface area contributed by atoms with Crippen LogP contribution in [0.15, 0.2) is 0 Å². The first kappa shape index (κ1) is 12.8. The summed E-state index contributed by atoms with van der Waals surface area (Å²) in [5.74, 6) is -0.511. The molecule has 7 heteroatoms. The van der Waals surface area contributed by atoms with Gasteiger partial charge in [0.2, 0.25) is 0 Å². The molecule has 1 heterocycles. The van der Waals surface area contributed by atoms with Crippen molar-refractivity contribution in [1.29, 1.82) is 5.26 Å². The fourth-order valence-electron chi connectivity index (χ4n) is 1.56. The molecule has 3 N–H and O–H groups in total. The molecule has 92 valence electrons. The summed E-state index contributed by atoms with van der Waals surface area (Å²) in [6.45, 7) is 4.86. The molecule has 1 aromatic rings. The monoisotopic (exact) mass is 237 g/mol. The number of hydrogen-bond acceptors (Lipinski definition) is 5. The lowest BCUT2D eigenvalue weighted by atomic mass is 10.3. The number of nitrogens with two attached hydrogens (primary N) is 1. The van der Waals surface area contributed by atoms with Gasteiger partial charge in [-0.25, -0.2) is 4.68 Å². The SMILES string of the molecule is CCN(CC)c1nn(CC(=O)O)c(N)c1C#N. The van der Waals surface area contributed by atoms with Crippen LogP contribution in [0.3, 0.4) is 0 Å². The number of hydrogen-bond donors (Lipinski definition) is 2. The summed E-state index contributed by atoms with van der Waals surface area (Å²) >= 11 is 0. The van der Waals surface area contributed by atoms with Crippen molar-refractivity contribution in [3.05, 3.63) is 5.56 Å². The largest absolute Gasteiger partial charge is 0.480 e. The van der Waals surface area contributed by atoms with E-state index >= 15 is 0 Å². The Balaban J connectivity index is 3.22. The van der Waals surface area contributed by atoms with Crippen molar-refractivity contribution < 1.29 is 9.90 Å². The van der Waals surface area contributed by atoms with Crippen molar-refractivity contribution in [3.8, 4) is 6.07 Å². The van der Waals surface area contributed by atoms with E-state index in [1.165, 1.54) is 0 Å². The molecule has 0 bridgehead atoms. The van der Waals surface area contributed by atoms with Gasteiger partial charge in [0.25, 0.3) is 0 Å². The molecule has 0 aliphatic heterocycles. The number of aliphatic carboxylic acids is 1. The van der Waals surface area contributed by atoms with Crippen LogP contribution in [-0.2, 0) is 11.3 Å². The van der Waals surface area contributed by atoms with Gasteiger partial charge >= 0.3 is 5.97 Å². The van der Waals surface area contributed by atoms with Crippen molar-refractivity contribution in [2.45, 2.75) is 20.4 Å². The molecule has 0 radical (unpaired) electrons. The van der Waals surface area contributed by atoms with E-state index in [0.29, 0.717) is 18.9 Å². The zero-order valence-corrected chi connectivity index (χ0v) is 9.84. The highest BCUT2D eigenvalue weighted by Gasteiger charge is 2.20. The first-order valence-electron chi connectivity index (χ1n) is 5.28. The Kier molecular flexibility index (Phi) is 3.93. The van der Waals surface area contributed by atoms with Crippen LogP contribution in [-0.4, -0.2) is 33.9 Å². The van der Waals surface area contributed by atoms with Crippen molar-refractivity contribution in [2.24, 2.45) is 0 Å². The molecule has 17 heavy (non-hydrogen) atoms. The number of anilines is 2. The molecule has 0 aromatic carbocycles. The molecule has 1 rings (SSSR count). The molecule has 0 aliphatic rings. The number of nitrogens with zero attached hydrogens (tertiary/aromatic N) is 4. The highest BCUT2D eigenvalue weighted by Crippen LogP contribution is 2.23. The van der Waals surface area contributed by atoms with E-state index in [-0.39, 0.29) is 17.9 Å². The van der Waals surface area contributed by atoms with Gasteiger partial charge in [0, 0.05) is 13.1 Å². The van der Waals surface area contributed by atoms with Gasteiger partial charge in [-0.05, 0) is 13.8 Å². The Labute approximate surface area is 99.0 Å². The maximum absolute atomic E-state index is 10.6. The van der Waals surface area contributed by atoms with Gasteiger partial charge in [-0.1, -0.05) is 0 Å². The first-order chi connectivity index (χ1) is 8.04. The summed E-state index contributed by atoms with van der Waals surface area (Å²) < 4.78 is 1.13. The summed E-state index contributed by atoms with van der Waals surface area (Å²) in [6.07, 6.45) is 0. The Morgan fingerprint density at radius 2 is 2.18 bits per heavy atom. The summed E-state index contributed by atoms with van der Waals surface area (Å²) in [6, 6.07) is 1.96. The van der Waals surface area contributed by atoms with E-state index < -0.39 is 5.97 Å². The zero-order valence-electron chi connectivity index (χ0n) is 9.84. The predicted molar refractivity (Wildman–Crippen MR) is 62.6 cm³/mol. The molecular formula is C10H15N5O2. The molecule has 7 nitrogen and oxygen atoms in total. The van der Waals surface area contributed by atoms with Crippen LogP contribution in [0.4, 0.5) is 11.6 Å². The molecule has 0 fully saturated rings. The third-order valence-corrected chi connectivity index (χ3v) is 2.43. The van der Waals surface area contributed by atoms with E-state index in [1.54, 1.807) is 0 Å². The van der Waals surface area contributed by atoms with Gasteiger partial charge in [-0.2, -0.15) is 10.4 Å². The van der Waals surface area contributed by atoms with Crippen LogP contribution in [0.1, 0.15) is 19.4 Å². The van der Waals surface area contributed by atoms with Crippen molar-refractivity contribution in [1.82, 2.24) is 9.78 Å². The molecule has 0 amide bonds. The predicted octanol–water partition coefficient (Wildman–Crippen LogP) is 0.268. The number of carboxylic acids is 1. The minimum atomic E-state index is -1.05. The molecule has 0 spiro atoms. The van der Waals surface area contributed by atoms with E-state index in [0.717, 1.165) is 4.68 Å². The molecule has 0 aliphatic carbocycles. The molecule has 0 unspecified atom stereocenters. The third kappa shape index (κ3) is 2.47. The fraction of sp³-hybridized carbons (Fsp3) is 0.500. The van der Waals surface area contributed by atoms with Gasteiger partial charge in [-0.15, -0.1) is 0 Å². The fourth-order valence-corrected chi connectivity index (χ4v) is 1.56. The quantitative estimate of drug-likeness (QED) is 0.760. The number of nitrogen functional groups attached to an aromatic ring is 1. The van der Waals surface area contributed by atoms with E-state index in [4.69, 9.17) is 16.1 Å². The lowest BCUT2D eigenvalue weighted by molar-refractivity contribution is -0.137. The Morgan fingerprint density at radius 1 is 1.59 bits per heavy atom. The third-order valence-electron chi connectivity index (χ3n) is 2.43. The Hall–Kier alpha value is -2.23. The van der Waals surface area contributed by atoms with Crippen LogP contribution in [0.25, 0.3) is 0 Å². The smallest absolute Gasteiger partial charge is 0.325 e. The van der Waals surface area contributed by atoms with Crippen LogP contribution < -0.4 is 10.6 Å². The van der Waals surface area contributed by atoms with E-state index in [2.05, 4.69) is 5.10 Å². The number of nitriles is 1. The molecule has 1 aromatic heterocycles. The molecule has 0 atom stereocenters. The summed E-state index contributed by atoms with van der Waals surface area (Å²) in [5, 5.41) is 21.8. The van der Waals surface area contributed by atoms with Crippen LogP contribution in [0, 0.1) is 11.3 Å². The van der Waals surface area contributed by atoms with Gasteiger partial charge in [-0.3, -0.25) is 4.79 Å². The standard InChI is InChI=1S/C10H15N5O2/c1-3-14(4-2)10-7(5-11)9(12)15(13-10)6-8(16)17/h3-4,6,12H2,1-2H3,(H,16,17). The highest BCUT2D eigenvalue weighted by molar-refractivity contribution is 5.70. The lowest BCUT2D eigenvalue weighted by Crippen LogP contribution is -2.23. The second-order valence-corrected chi connectivity index (χ2v) is 3.42. The molecular weight excluding hydrogens is 222 g/mol. The van der Waals surface area contributed by atoms with Crippen LogP contribution in [0.5, 0.6) is 0 Å². The van der Waals surface area contributed by atoms with Gasteiger partial charge in [0.1, 0.15) is 24.0 Å². The minimum Gasteiger partial charge on any atom is -0.480 e. The van der Waals surface area contributed by atoms with Crippen molar-refractivity contribution >= 4 is 17.6 Å². The topological polar surface area (TPSA) is 108 Å². The maximum atomic E-state index is 10.6. The normalized spacial score (nSPS) is 9.94. The van der Waals surface area contributed by atoms with Crippen molar-refractivity contribution in [3.63, 3.8) is 0 Å². The van der Waals surface area contributed by atoms with Crippen molar-refractivity contribution in [2.75, 3.05) is 23.7 Å². The second kappa shape index (κ2) is 5.21. The second-order valence-electron chi connectivity index (χ2n) is 3.42. The van der Waals surface area contributed by atoms with E-state index in [1.807, 2.05) is 24.8 Å². The number of carboxylic acid groups (broad SMARTS) is 1. The number of rotatable bonds is 5. The molecule has 0 saturated carbocycles. The van der Waals surface area contributed by atoms with Crippen LogP contribution >= 0.6 is 0 Å². The summed E-state index contributed by atoms with van der Waals surface area (Å²) in [4.78, 5) is 12.5. The number of aromatic nitrogens is 2. The Bertz CT molecular complexity index is 456. The number of carbonyl (C=O) groups is 1.